The quantitative estimate of drug-likeness (QED) is 0.0118. The minimum atomic E-state index is -2.32. The molecule has 7 unspecified atom stereocenters. The van der Waals surface area contributed by atoms with E-state index < -0.39 is 204 Å². The molecule has 141 heavy (non-hydrogen) atoms. The van der Waals surface area contributed by atoms with Crippen LogP contribution in [0.1, 0.15) is 284 Å². The van der Waals surface area contributed by atoms with Crippen molar-refractivity contribution in [3.05, 3.63) is 48.6 Å². The summed E-state index contributed by atoms with van der Waals surface area (Å²) in [6, 6.07) is 0. The average Bonchev–Trinajstić information content (AvgIpc) is 1.62. The number of aldehydes is 1. The fourth-order valence-electron chi connectivity index (χ4n) is 12.9. The average molecular weight is 2150 g/mol. The number of esters is 1. The Morgan fingerprint density at radius 3 is 0.801 bits per heavy atom. The Hall–Kier alpha value is -4.17. The maximum atomic E-state index is 12.0. The van der Waals surface area contributed by atoms with Gasteiger partial charge in [-0.1, -0.05) is 187 Å². The van der Waals surface area contributed by atoms with Crippen LogP contribution in [-0.2, 0) is 77.9 Å². The first kappa shape index (κ1) is 127. The number of primary amides is 2. The standard InChI is InChI=1S/C30H61N3O7Si3.C28H58N4O6Si3.C26H53N3O5Si3.C10H16N4O6/c1-17-36-23(35)18-21(34)26-31-20-33(32-26)27-25(40-43(15,16)30(8,9)10)24(39-42(13,14)29(5,6)7)22(38-27)19-37-41(11,12)28(2,3)4;1-26(2,3)39(10,11)35-17-20-22(37-40(12,13)27(4,5)6)23(38-41(14,15)28(7,8)9)25(36-20)32-18-30-24(31-32)19(33)16-21(29)34;1-24(2,3)35(10,11)31-17-19-21(33-36(12,13)25(4,5)6)22(34-37(14,15)26(7,8)9)23(32-19)29-18-27-20(16-30)28-29;11-6(17)1-4(16)9-12-3-14(13-9)10-8(19)7(18)5(2-15)20-10/h20-22,24-25,27,34H,17-19H2,1-16H3;18-20,22-23,25,33H,16-17H2,1-15H3,(H2,29,34);16,18-19,21-23H,17H2,1-15H3;3-5,7-8,10,15-16,18-19H,1-2H2,(H2,11,17)/t21?,22-,24?,25+,27-;19?,20-,22?,23+,25-;19-,21?,22+,23-;4?,5-,7?,8+,10-/m1111/s1. The van der Waals surface area contributed by atoms with Crippen molar-refractivity contribution in [3.8, 4) is 0 Å². The molecule has 2 amide bonds. The molecule has 4 aliphatic heterocycles. The highest BCUT2D eigenvalue weighted by Crippen LogP contribution is 2.53. The molecule has 47 heteroatoms. The molecule has 4 aliphatic rings. The summed E-state index contributed by atoms with van der Waals surface area (Å²) in [5.41, 5.74) is 10.2. The number of rotatable bonds is 37. The zero-order valence-electron chi connectivity index (χ0n) is 94.6. The Morgan fingerprint density at radius 2 is 0.582 bits per heavy atom. The molecular weight excluding hydrogens is 1960 g/mol. The SMILES string of the molecule is CC(C)(C)[Si](C)(C)OC[C@H]1O[C@@H](n2cnc(C(O)CC(N)=O)n2)[C@@H](O[Si](C)(C)C(C)(C)C)C1O[Si](C)(C)C(C)(C)C.CC(C)(C)[Si](C)(C)OC[C@H]1O[C@@H](n2cnc(C=O)n2)[C@@H](O[Si](C)(C)C(C)(C)C)C1O[Si](C)(C)C(C)(C)C.CCOC(=O)CC(O)c1ncn([C@@H]2O[C@H](CO[Si](C)(C)C(C)(C)C)C(O[Si](C)(C)C(C)(C)C)[C@@H]2O[Si](C)(C)C(C)(C)C)n1.NC(=O)CC(O)c1ncn([C@@H]2O[C@H](CO)C(O)[C@@H]2O)n1. The summed E-state index contributed by atoms with van der Waals surface area (Å²) in [5.74, 6) is -1.53. The van der Waals surface area contributed by atoms with Gasteiger partial charge in [0.1, 0.15) is 117 Å². The number of amides is 2. The molecule has 10 N–H and O–H groups in total. The number of ether oxygens (including phenoxy) is 5. The highest BCUT2D eigenvalue weighted by molar-refractivity contribution is 6.77. The van der Waals surface area contributed by atoms with Gasteiger partial charge in [0, 0.05) is 0 Å². The van der Waals surface area contributed by atoms with Crippen molar-refractivity contribution in [2.45, 2.75) is 493 Å². The molecule has 0 radical (unpaired) electrons. The molecule has 0 saturated carbocycles. The molecule has 814 valence electrons. The van der Waals surface area contributed by atoms with Crippen LogP contribution >= 0.6 is 0 Å². The third kappa shape index (κ3) is 32.9. The van der Waals surface area contributed by atoms with Crippen molar-refractivity contribution in [1.82, 2.24) is 59.1 Å². The Morgan fingerprint density at radius 1 is 0.355 bits per heavy atom. The summed E-state index contributed by atoms with van der Waals surface area (Å²) < 4.78 is 99.2. The Bertz CT molecular complexity index is 4650. The number of aromatic nitrogens is 12. The van der Waals surface area contributed by atoms with Crippen LogP contribution in [0.4, 0.5) is 0 Å². The van der Waals surface area contributed by atoms with Gasteiger partial charge in [0.25, 0.3) is 0 Å². The van der Waals surface area contributed by atoms with Gasteiger partial charge in [-0.15, -0.1) is 5.10 Å². The van der Waals surface area contributed by atoms with Crippen molar-refractivity contribution in [1.29, 1.82) is 0 Å². The molecule has 4 aromatic rings. The molecule has 4 fully saturated rings. The van der Waals surface area contributed by atoms with E-state index in [9.17, 15) is 44.7 Å². The minimum Gasteiger partial charge on any atom is -0.466 e. The molecule has 0 aromatic carbocycles. The lowest BCUT2D eigenvalue weighted by Crippen LogP contribution is -2.54. The number of nitrogens with zero attached hydrogens (tertiary/aromatic N) is 12. The van der Waals surface area contributed by atoms with Crippen molar-refractivity contribution in [3.63, 3.8) is 0 Å². The molecular formula is C94H188N14O24Si9. The predicted molar refractivity (Wildman–Crippen MR) is 566 cm³/mol. The normalized spacial score (nSPS) is 25.0. The summed E-state index contributed by atoms with van der Waals surface area (Å²) in [6.45, 7) is 103. The second kappa shape index (κ2) is 47.2. The lowest BCUT2D eigenvalue weighted by Gasteiger charge is -2.44. The second-order valence-electron chi connectivity index (χ2n) is 52.0. The van der Waals surface area contributed by atoms with Crippen molar-refractivity contribution in [2.24, 2.45) is 11.5 Å². The fourth-order valence-corrected chi connectivity index (χ4v) is 23.7. The molecule has 8 rings (SSSR count). The molecule has 8 heterocycles. The molecule has 4 aromatic heterocycles. The number of aliphatic hydroxyl groups excluding tert-OH is 6. The Balaban J connectivity index is 0.000000340. The first-order chi connectivity index (χ1) is 63.3. The third-order valence-electron chi connectivity index (χ3n) is 31.6. The van der Waals surface area contributed by atoms with Gasteiger partial charge in [-0.2, -0.15) is 15.3 Å². The fraction of sp³-hybridized carbons (Fsp3) is 0.872. The number of hydrogen-bond acceptors (Lipinski definition) is 32. The van der Waals surface area contributed by atoms with Crippen LogP contribution in [0.3, 0.4) is 0 Å². The highest BCUT2D eigenvalue weighted by atomic mass is 28.4. The molecule has 38 nitrogen and oxygen atoms in total. The van der Waals surface area contributed by atoms with Crippen LogP contribution in [0, 0.1) is 0 Å². The van der Waals surface area contributed by atoms with Crippen LogP contribution in [0.5, 0.6) is 0 Å². The van der Waals surface area contributed by atoms with Crippen molar-refractivity contribution >= 4 is 98.9 Å². The monoisotopic (exact) mass is 2150 g/mol. The minimum absolute atomic E-state index is 0.00881. The van der Waals surface area contributed by atoms with E-state index in [0.29, 0.717) is 26.1 Å². The first-order valence-electron chi connectivity index (χ1n) is 49.7. The maximum Gasteiger partial charge on any atom is 0.308 e. The first-order valence-corrected chi connectivity index (χ1v) is 75.9. The number of carbonyl (C=O) groups excluding carboxylic acids is 4. The van der Waals surface area contributed by atoms with Crippen LogP contribution in [-0.4, -0.2) is 295 Å². The van der Waals surface area contributed by atoms with Crippen LogP contribution in [0.15, 0.2) is 25.3 Å². The van der Waals surface area contributed by atoms with Gasteiger partial charge in [-0.05, 0) is 170 Å². The number of aliphatic hydroxyl groups is 6. The summed E-state index contributed by atoms with van der Waals surface area (Å²) in [7, 11) is -19.9. The van der Waals surface area contributed by atoms with E-state index >= 15 is 0 Å². The summed E-state index contributed by atoms with van der Waals surface area (Å²) in [4.78, 5) is 62.0. The van der Waals surface area contributed by atoms with Crippen LogP contribution < -0.4 is 11.5 Å². The number of hydrogen-bond donors (Lipinski definition) is 8. The molecule has 0 bridgehead atoms. The van der Waals surface area contributed by atoms with E-state index in [1.54, 1.807) is 27.3 Å². The van der Waals surface area contributed by atoms with E-state index in [0.717, 1.165) is 4.68 Å². The third-order valence-corrected chi connectivity index (χ3v) is 72.0. The summed E-state index contributed by atoms with van der Waals surface area (Å²) in [5, 5.41) is 76.5. The largest absolute Gasteiger partial charge is 0.466 e. The second-order valence-corrected chi connectivity index (χ2v) is 95.0. The molecule has 4 saturated heterocycles. The highest BCUT2D eigenvalue weighted by Gasteiger charge is 2.61. The van der Waals surface area contributed by atoms with Crippen molar-refractivity contribution in [2.75, 3.05) is 33.0 Å². The summed E-state index contributed by atoms with van der Waals surface area (Å²) in [6.07, 6.45) is -8.12. The zero-order valence-corrected chi connectivity index (χ0v) is 104. The molecule has 0 spiro atoms. The smallest absolute Gasteiger partial charge is 0.308 e. The Kier molecular flexibility index (Phi) is 42.6. The topological polar surface area (TPSA) is 494 Å². The van der Waals surface area contributed by atoms with Crippen LogP contribution in [0.2, 0.25) is 163 Å². The van der Waals surface area contributed by atoms with E-state index in [-0.39, 0.29) is 107 Å². The van der Waals surface area contributed by atoms with Gasteiger partial charge in [0.15, 0.2) is 124 Å². The molecule has 0 aliphatic carbocycles. The van der Waals surface area contributed by atoms with Crippen LogP contribution in [0.25, 0.3) is 0 Å². The van der Waals surface area contributed by atoms with Crippen molar-refractivity contribution < 1.29 is 113 Å². The van der Waals surface area contributed by atoms with E-state index in [1.165, 1.54) is 19.0 Å². The molecule has 19 atom stereocenters. The maximum absolute atomic E-state index is 12.0. The lowest BCUT2D eigenvalue weighted by atomic mass is 10.1. The van der Waals surface area contributed by atoms with Gasteiger partial charge in [0.2, 0.25) is 17.6 Å². The predicted octanol–water partition coefficient (Wildman–Crippen LogP) is 16.4. The van der Waals surface area contributed by atoms with Gasteiger partial charge in [-0.25, -0.2) is 38.7 Å². The Labute approximate surface area is 852 Å². The lowest BCUT2D eigenvalue weighted by molar-refractivity contribution is -0.145. The number of nitrogens with two attached hydrogens (primary N) is 2. The van der Waals surface area contributed by atoms with Gasteiger partial charge >= 0.3 is 5.97 Å². The van der Waals surface area contributed by atoms with E-state index in [2.05, 4.69) is 345 Å². The zero-order chi connectivity index (χ0) is 109. The van der Waals surface area contributed by atoms with E-state index in [1.807, 2.05) is 0 Å². The van der Waals surface area contributed by atoms with Gasteiger partial charge in [0.05, 0.1) is 52.3 Å². The van der Waals surface area contributed by atoms with Gasteiger partial charge < -0.3 is 106 Å². The number of carbonyl (C=O) groups is 4. The van der Waals surface area contributed by atoms with E-state index in [4.69, 9.17) is 80.1 Å². The summed E-state index contributed by atoms with van der Waals surface area (Å²) >= 11 is 0. The van der Waals surface area contributed by atoms with Gasteiger partial charge in [-0.3, -0.25) is 19.2 Å².